The predicted octanol–water partition coefficient (Wildman–Crippen LogP) is 0.549. The van der Waals surface area contributed by atoms with Crippen molar-refractivity contribution >= 4 is 16.7 Å². The number of carbonyl (C=O) groups is 1. The Morgan fingerprint density at radius 2 is 2.29 bits per heavy atom. The molecule has 2 heterocycles. The van der Waals surface area contributed by atoms with Gasteiger partial charge in [0.1, 0.15) is 6.54 Å². The quantitative estimate of drug-likeness (QED) is 0.891. The van der Waals surface area contributed by atoms with Gasteiger partial charge in [0, 0.05) is 24.5 Å². The van der Waals surface area contributed by atoms with E-state index in [0.717, 1.165) is 18.4 Å². The second kappa shape index (κ2) is 6.05. The topological polar surface area (TPSA) is 73.2 Å². The molecule has 0 bridgehead atoms. The summed E-state index contributed by atoms with van der Waals surface area (Å²) in [4.78, 5) is 24.1. The molecule has 3 rings (SSSR count). The lowest BCUT2D eigenvalue weighted by atomic mass is 10.1. The number of nitrogens with zero attached hydrogens (tertiary/aromatic N) is 2. The van der Waals surface area contributed by atoms with Crippen molar-refractivity contribution in [1.29, 1.82) is 0 Å². The number of rotatable bonds is 4. The molecule has 1 atom stereocenters. The molecule has 1 aromatic carbocycles. The van der Waals surface area contributed by atoms with Gasteiger partial charge >= 0.3 is 0 Å². The summed E-state index contributed by atoms with van der Waals surface area (Å²) in [5, 5.41) is 8.23. The van der Waals surface area contributed by atoms with E-state index in [2.05, 4.69) is 10.4 Å². The van der Waals surface area contributed by atoms with Crippen LogP contribution in [0.15, 0.2) is 35.3 Å². The zero-order chi connectivity index (χ0) is 14.7. The van der Waals surface area contributed by atoms with Crippen molar-refractivity contribution in [2.45, 2.75) is 13.0 Å². The van der Waals surface area contributed by atoms with Gasteiger partial charge in [-0.15, -0.1) is 0 Å². The molecule has 2 aromatic rings. The van der Waals surface area contributed by atoms with E-state index < -0.39 is 0 Å². The van der Waals surface area contributed by atoms with Gasteiger partial charge in [-0.3, -0.25) is 9.59 Å². The average molecular weight is 287 g/mol. The first-order valence-electron chi connectivity index (χ1n) is 7.03. The number of nitrogens with one attached hydrogen (secondary N) is 1. The van der Waals surface area contributed by atoms with E-state index in [1.807, 2.05) is 12.1 Å². The van der Waals surface area contributed by atoms with E-state index in [1.165, 1.54) is 4.68 Å². The Bertz CT molecular complexity index is 705. The fourth-order valence-electron chi connectivity index (χ4n) is 2.43. The molecule has 6 nitrogen and oxygen atoms in total. The van der Waals surface area contributed by atoms with Crippen molar-refractivity contribution in [3.05, 3.63) is 40.8 Å². The fraction of sp³-hybridized carbons (Fsp3) is 0.400. The van der Waals surface area contributed by atoms with Gasteiger partial charge in [-0.25, -0.2) is 4.68 Å². The van der Waals surface area contributed by atoms with E-state index in [4.69, 9.17) is 4.74 Å². The first-order chi connectivity index (χ1) is 10.2. The Balaban J connectivity index is 1.68. The lowest BCUT2D eigenvalue weighted by molar-refractivity contribution is -0.122. The van der Waals surface area contributed by atoms with Gasteiger partial charge in [-0.05, 0) is 12.5 Å². The van der Waals surface area contributed by atoms with Crippen molar-refractivity contribution in [2.75, 3.05) is 19.8 Å². The number of benzene rings is 1. The van der Waals surface area contributed by atoms with E-state index in [1.54, 1.807) is 18.3 Å². The van der Waals surface area contributed by atoms with Crippen LogP contribution in [0.25, 0.3) is 10.8 Å². The molecule has 0 spiro atoms. The number of aromatic nitrogens is 2. The number of ether oxygens (including phenoxy) is 1. The Morgan fingerprint density at radius 3 is 3.10 bits per heavy atom. The lowest BCUT2D eigenvalue weighted by Gasteiger charge is -2.10. The lowest BCUT2D eigenvalue weighted by Crippen LogP contribution is -2.36. The summed E-state index contributed by atoms with van der Waals surface area (Å²) >= 11 is 0. The minimum atomic E-state index is -0.243. The summed E-state index contributed by atoms with van der Waals surface area (Å²) in [6.07, 6.45) is 2.57. The van der Waals surface area contributed by atoms with Crippen LogP contribution in [0.3, 0.4) is 0 Å². The zero-order valence-corrected chi connectivity index (χ0v) is 11.6. The van der Waals surface area contributed by atoms with Gasteiger partial charge in [0.25, 0.3) is 5.56 Å². The fourth-order valence-corrected chi connectivity index (χ4v) is 2.43. The van der Waals surface area contributed by atoms with Crippen molar-refractivity contribution < 1.29 is 9.53 Å². The minimum absolute atomic E-state index is 0.0583. The van der Waals surface area contributed by atoms with E-state index in [9.17, 15) is 9.59 Å². The first-order valence-corrected chi connectivity index (χ1v) is 7.03. The van der Waals surface area contributed by atoms with Crippen molar-refractivity contribution in [3.63, 3.8) is 0 Å². The third kappa shape index (κ3) is 3.11. The van der Waals surface area contributed by atoms with Crippen LogP contribution in [0.2, 0.25) is 0 Å². The highest BCUT2D eigenvalue weighted by Crippen LogP contribution is 2.10. The van der Waals surface area contributed by atoms with Gasteiger partial charge < -0.3 is 10.1 Å². The molecule has 1 amide bonds. The Hall–Kier alpha value is -2.21. The Kier molecular flexibility index (Phi) is 3.96. The van der Waals surface area contributed by atoms with E-state index >= 15 is 0 Å². The molecule has 1 aliphatic heterocycles. The van der Waals surface area contributed by atoms with Gasteiger partial charge in [-0.2, -0.15) is 5.10 Å². The summed E-state index contributed by atoms with van der Waals surface area (Å²) in [6.45, 7) is 1.97. The highest BCUT2D eigenvalue weighted by atomic mass is 16.5. The second-order valence-corrected chi connectivity index (χ2v) is 5.23. The molecule has 0 saturated carbocycles. The number of fused-ring (bicyclic) bond motifs is 1. The van der Waals surface area contributed by atoms with Crippen molar-refractivity contribution in [1.82, 2.24) is 15.1 Å². The number of carbonyl (C=O) groups excluding carboxylic acids is 1. The second-order valence-electron chi connectivity index (χ2n) is 5.23. The van der Waals surface area contributed by atoms with Gasteiger partial charge in [0.05, 0.1) is 18.2 Å². The van der Waals surface area contributed by atoms with Crippen LogP contribution in [0, 0.1) is 5.92 Å². The standard InChI is InChI=1S/C15H17N3O3/c19-14(16-7-11-5-6-21-10-11)9-18-15(20)13-4-2-1-3-12(13)8-17-18/h1-4,8,11H,5-7,9-10H2,(H,16,19)/t11-/m0/s1. The summed E-state index contributed by atoms with van der Waals surface area (Å²) in [7, 11) is 0. The maximum Gasteiger partial charge on any atom is 0.275 e. The molecular formula is C15H17N3O3. The van der Waals surface area contributed by atoms with Gasteiger partial charge in [0.2, 0.25) is 5.91 Å². The van der Waals surface area contributed by atoms with Crippen LogP contribution in [-0.4, -0.2) is 35.4 Å². The summed E-state index contributed by atoms with van der Waals surface area (Å²) < 4.78 is 6.45. The third-order valence-electron chi connectivity index (χ3n) is 3.67. The molecule has 0 radical (unpaired) electrons. The molecule has 1 N–H and O–H groups in total. The Morgan fingerprint density at radius 1 is 1.43 bits per heavy atom. The molecule has 1 saturated heterocycles. The normalized spacial score (nSPS) is 18.0. The molecular weight excluding hydrogens is 270 g/mol. The maximum absolute atomic E-state index is 12.2. The SMILES string of the molecule is O=C(Cn1ncc2ccccc2c1=O)NC[C@@H]1CCOC1. The van der Waals surface area contributed by atoms with Gasteiger partial charge in [-0.1, -0.05) is 18.2 Å². The average Bonchev–Trinajstić information content (AvgIpc) is 3.02. The minimum Gasteiger partial charge on any atom is -0.381 e. The largest absolute Gasteiger partial charge is 0.381 e. The van der Waals surface area contributed by atoms with Crippen molar-refractivity contribution in [3.8, 4) is 0 Å². The summed E-state index contributed by atoms with van der Waals surface area (Å²) in [6, 6.07) is 7.22. The van der Waals surface area contributed by atoms with Crippen LogP contribution < -0.4 is 10.9 Å². The first kappa shape index (κ1) is 13.8. The Labute approximate surface area is 121 Å². The van der Waals surface area contributed by atoms with E-state index in [0.29, 0.717) is 24.5 Å². The van der Waals surface area contributed by atoms with Gasteiger partial charge in [0.15, 0.2) is 0 Å². The predicted molar refractivity (Wildman–Crippen MR) is 77.9 cm³/mol. The van der Waals surface area contributed by atoms with Crippen LogP contribution in [0.5, 0.6) is 0 Å². The third-order valence-corrected chi connectivity index (χ3v) is 3.67. The monoisotopic (exact) mass is 287 g/mol. The molecule has 110 valence electrons. The molecule has 1 fully saturated rings. The maximum atomic E-state index is 12.2. The van der Waals surface area contributed by atoms with Crippen LogP contribution in [0.4, 0.5) is 0 Å². The van der Waals surface area contributed by atoms with E-state index in [-0.39, 0.29) is 18.0 Å². The molecule has 6 heteroatoms. The molecule has 0 unspecified atom stereocenters. The molecule has 21 heavy (non-hydrogen) atoms. The number of amides is 1. The summed E-state index contributed by atoms with van der Waals surface area (Å²) in [5.41, 5.74) is -0.243. The molecule has 1 aliphatic rings. The van der Waals surface area contributed by atoms with Crippen LogP contribution >= 0.6 is 0 Å². The zero-order valence-electron chi connectivity index (χ0n) is 11.6. The molecule has 0 aliphatic carbocycles. The number of hydrogen-bond donors (Lipinski definition) is 1. The summed E-state index contributed by atoms with van der Waals surface area (Å²) in [5.74, 6) is 0.169. The van der Waals surface area contributed by atoms with Crippen LogP contribution in [0.1, 0.15) is 6.42 Å². The van der Waals surface area contributed by atoms with Crippen molar-refractivity contribution in [2.24, 2.45) is 5.92 Å². The number of hydrogen-bond acceptors (Lipinski definition) is 4. The molecule has 1 aromatic heterocycles. The highest BCUT2D eigenvalue weighted by molar-refractivity contribution is 5.81. The highest BCUT2D eigenvalue weighted by Gasteiger charge is 2.16. The van der Waals surface area contributed by atoms with Crippen LogP contribution in [-0.2, 0) is 16.1 Å². The smallest absolute Gasteiger partial charge is 0.275 e.